The number of hydrogen-bond donors (Lipinski definition) is 3. The van der Waals surface area contributed by atoms with Crippen LogP contribution in [0.1, 0.15) is 35.7 Å². The quantitative estimate of drug-likeness (QED) is 0.276. The molecule has 3 aromatic heterocycles. The summed E-state index contributed by atoms with van der Waals surface area (Å²) in [5.41, 5.74) is -0.661. The van der Waals surface area contributed by atoms with E-state index < -0.39 is 23.1 Å². The van der Waals surface area contributed by atoms with Crippen molar-refractivity contribution in [3.8, 4) is 11.5 Å². The van der Waals surface area contributed by atoms with Gasteiger partial charge in [0.05, 0.1) is 24.2 Å². The first-order valence-corrected chi connectivity index (χ1v) is 13.7. The number of hydrogen-bond acceptors (Lipinski definition) is 8. The zero-order valence-corrected chi connectivity index (χ0v) is 23.1. The van der Waals surface area contributed by atoms with Crippen LogP contribution in [0.25, 0.3) is 11.0 Å². The van der Waals surface area contributed by atoms with E-state index in [4.69, 9.17) is 9.47 Å². The van der Waals surface area contributed by atoms with Crippen molar-refractivity contribution in [3.05, 3.63) is 66.0 Å². The van der Waals surface area contributed by atoms with Crippen LogP contribution in [0.3, 0.4) is 0 Å². The maximum atomic E-state index is 13.0. The standard InChI is InChI=1S/C29H28F3N7O4/c1-28(15-42-16-28)27(41)39-12-2-3-19(14-39)35-25-23-21(9-11-34-24(23)37-38-25)43-20-6-4-17(5-7-20)26(40)36-22-13-18(8-10-33-22)29(30,31)32/h4-11,13,19H,2-3,12,14-16H2,1H3,(H,33,36,40)(H2,34,35,37,38)/t19-/m1/s1. The largest absolute Gasteiger partial charge is 0.456 e. The number of ether oxygens (including phenoxy) is 2. The Kier molecular flexibility index (Phi) is 7.38. The number of pyridine rings is 2. The Morgan fingerprint density at radius 2 is 1.88 bits per heavy atom. The minimum atomic E-state index is -4.55. The summed E-state index contributed by atoms with van der Waals surface area (Å²) < 4.78 is 50.3. The van der Waals surface area contributed by atoms with Crippen LogP contribution in [0, 0.1) is 5.41 Å². The maximum Gasteiger partial charge on any atom is 0.416 e. The van der Waals surface area contributed by atoms with Gasteiger partial charge in [0, 0.05) is 43.2 Å². The summed E-state index contributed by atoms with van der Waals surface area (Å²) in [7, 11) is 0. The van der Waals surface area contributed by atoms with Crippen LogP contribution >= 0.6 is 0 Å². The summed E-state index contributed by atoms with van der Waals surface area (Å²) in [4.78, 5) is 35.7. The second-order valence-corrected chi connectivity index (χ2v) is 10.9. The van der Waals surface area contributed by atoms with Crippen LogP contribution in [-0.2, 0) is 15.7 Å². The van der Waals surface area contributed by atoms with E-state index >= 15 is 0 Å². The zero-order valence-electron chi connectivity index (χ0n) is 23.1. The van der Waals surface area contributed by atoms with Gasteiger partial charge < -0.3 is 25.0 Å². The number of rotatable bonds is 7. The van der Waals surface area contributed by atoms with Crippen molar-refractivity contribution >= 4 is 34.5 Å². The van der Waals surface area contributed by atoms with Crippen molar-refractivity contribution in [2.24, 2.45) is 5.41 Å². The number of carbonyl (C=O) groups excluding carboxylic acids is 2. The lowest BCUT2D eigenvalue weighted by molar-refractivity contribution is -0.169. The van der Waals surface area contributed by atoms with Gasteiger partial charge in [0.15, 0.2) is 11.5 Å². The predicted molar refractivity (Wildman–Crippen MR) is 150 cm³/mol. The molecule has 5 heterocycles. The molecule has 224 valence electrons. The van der Waals surface area contributed by atoms with Crippen molar-refractivity contribution in [2.45, 2.75) is 32.0 Å². The molecular formula is C29H28F3N7O4. The number of piperidine rings is 1. The number of nitrogens with one attached hydrogen (secondary N) is 3. The molecule has 2 aliphatic heterocycles. The molecule has 14 heteroatoms. The average Bonchev–Trinajstić information content (AvgIpc) is 3.39. The predicted octanol–water partition coefficient (Wildman–Crippen LogP) is 4.86. The van der Waals surface area contributed by atoms with Gasteiger partial charge in [0.1, 0.15) is 22.7 Å². The van der Waals surface area contributed by atoms with E-state index in [-0.39, 0.29) is 23.3 Å². The Hall–Kier alpha value is -4.72. The van der Waals surface area contributed by atoms with Gasteiger partial charge in [-0.15, -0.1) is 0 Å². The van der Waals surface area contributed by atoms with Crippen LogP contribution in [0.15, 0.2) is 54.9 Å². The topological polar surface area (TPSA) is 134 Å². The molecule has 6 rings (SSSR count). The van der Waals surface area contributed by atoms with Gasteiger partial charge in [-0.05, 0) is 56.2 Å². The van der Waals surface area contributed by atoms with Gasteiger partial charge in [0.25, 0.3) is 5.91 Å². The number of likely N-dealkylation sites (tertiary alicyclic amines) is 1. The number of nitrogens with zero attached hydrogens (tertiary/aromatic N) is 4. The summed E-state index contributed by atoms with van der Waals surface area (Å²) in [6, 6.07) is 9.40. The molecule has 4 aromatic rings. The van der Waals surface area contributed by atoms with Crippen LogP contribution in [0.4, 0.5) is 24.8 Å². The minimum Gasteiger partial charge on any atom is -0.456 e. The van der Waals surface area contributed by atoms with E-state index in [0.717, 1.165) is 31.2 Å². The third kappa shape index (κ3) is 5.95. The number of H-pyrrole nitrogens is 1. The molecular weight excluding hydrogens is 567 g/mol. The number of anilines is 2. The smallest absolute Gasteiger partial charge is 0.416 e. The molecule has 0 unspecified atom stereocenters. The van der Waals surface area contributed by atoms with E-state index in [1.54, 1.807) is 24.4 Å². The van der Waals surface area contributed by atoms with Crippen molar-refractivity contribution in [2.75, 3.05) is 36.9 Å². The maximum absolute atomic E-state index is 13.0. The van der Waals surface area contributed by atoms with Crippen molar-refractivity contribution < 1.29 is 32.2 Å². The fourth-order valence-corrected chi connectivity index (χ4v) is 5.16. The van der Waals surface area contributed by atoms with Gasteiger partial charge in [0.2, 0.25) is 5.91 Å². The highest BCUT2D eigenvalue weighted by Crippen LogP contribution is 2.35. The second kappa shape index (κ2) is 11.2. The number of aromatic amines is 1. The summed E-state index contributed by atoms with van der Waals surface area (Å²) in [6.07, 6.45) is -0.274. The Morgan fingerprint density at radius 3 is 2.60 bits per heavy atom. The normalized spacial score (nSPS) is 18.1. The number of alkyl halides is 3. The molecule has 1 atom stereocenters. The number of carbonyl (C=O) groups is 2. The first-order valence-electron chi connectivity index (χ1n) is 13.7. The van der Waals surface area contributed by atoms with E-state index in [9.17, 15) is 22.8 Å². The van der Waals surface area contributed by atoms with Gasteiger partial charge >= 0.3 is 6.18 Å². The molecule has 43 heavy (non-hydrogen) atoms. The number of halogens is 3. The number of aromatic nitrogens is 4. The first kappa shape index (κ1) is 28.4. The van der Waals surface area contributed by atoms with Gasteiger partial charge in [-0.2, -0.15) is 18.3 Å². The average molecular weight is 596 g/mol. The third-order valence-corrected chi connectivity index (χ3v) is 7.50. The Bertz CT molecular complexity index is 1650. The molecule has 0 saturated carbocycles. The van der Waals surface area contributed by atoms with E-state index in [2.05, 4.69) is 30.8 Å². The van der Waals surface area contributed by atoms with Crippen LogP contribution in [0.2, 0.25) is 0 Å². The fraction of sp³-hybridized carbons (Fsp3) is 0.345. The summed E-state index contributed by atoms with van der Waals surface area (Å²) in [6.45, 7) is 4.05. The lowest BCUT2D eigenvalue weighted by Crippen LogP contribution is -2.56. The monoisotopic (exact) mass is 595 g/mol. The molecule has 0 spiro atoms. The van der Waals surface area contributed by atoms with E-state index in [1.807, 2.05) is 11.8 Å². The highest BCUT2D eigenvalue weighted by molar-refractivity contribution is 6.03. The van der Waals surface area contributed by atoms with E-state index in [0.29, 0.717) is 54.7 Å². The van der Waals surface area contributed by atoms with Crippen LogP contribution < -0.4 is 15.4 Å². The zero-order chi connectivity index (χ0) is 30.2. The summed E-state index contributed by atoms with van der Waals surface area (Å²) >= 11 is 0. The molecule has 3 N–H and O–H groups in total. The van der Waals surface area contributed by atoms with Gasteiger partial charge in [-0.25, -0.2) is 9.97 Å². The number of amides is 2. The molecule has 0 aliphatic carbocycles. The van der Waals surface area contributed by atoms with Crippen molar-refractivity contribution in [1.82, 2.24) is 25.1 Å². The highest BCUT2D eigenvalue weighted by Gasteiger charge is 2.44. The Labute approximate surface area is 243 Å². The third-order valence-electron chi connectivity index (χ3n) is 7.50. The molecule has 0 radical (unpaired) electrons. The summed E-state index contributed by atoms with van der Waals surface area (Å²) in [5.74, 6) is 0.695. The van der Waals surface area contributed by atoms with Crippen molar-refractivity contribution in [1.29, 1.82) is 0 Å². The Balaban J connectivity index is 1.14. The summed E-state index contributed by atoms with van der Waals surface area (Å²) in [5, 5.41) is 13.8. The lowest BCUT2D eigenvalue weighted by Gasteiger charge is -2.43. The second-order valence-electron chi connectivity index (χ2n) is 10.9. The van der Waals surface area contributed by atoms with Crippen LogP contribution in [0.5, 0.6) is 11.5 Å². The van der Waals surface area contributed by atoms with Gasteiger partial charge in [-0.1, -0.05) is 0 Å². The molecule has 0 bridgehead atoms. The number of fused-ring (bicyclic) bond motifs is 1. The van der Waals surface area contributed by atoms with Crippen molar-refractivity contribution in [3.63, 3.8) is 0 Å². The SMILES string of the molecule is CC1(C(=O)N2CCC[C@@H](Nc3n[nH]c4nccc(Oc5ccc(C(=O)Nc6cc(C(F)(F)F)ccn6)cc5)c34)C2)COC1. The van der Waals surface area contributed by atoms with Crippen LogP contribution in [-0.4, -0.2) is 69.2 Å². The first-order chi connectivity index (χ1) is 20.6. The molecule has 2 amide bonds. The fourth-order valence-electron chi connectivity index (χ4n) is 5.16. The molecule has 2 fully saturated rings. The van der Waals surface area contributed by atoms with E-state index in [1.165, 1.54) is 12.1 Å². The highest BCUT2D eigenvalue weighted by atomic mass is 19.4. The number of benzene rings is 1. The molecule has 11 nitrogen and oxygen atoms in total. The van der Waals surface area contributed by atoms with Gasteiger partial charge in [-0.3, -0.25) is 14.7 Å². The molecule has 2 saturated heterocycles. The molecule has 1 aromatic carbocycles. The minimum absolute atomic E-state index is 0.0223. The lowest BCUT2D eigenvalue weighted by atomic mass is 9.86. The molecule has 2 aliphatic rings. The Morgan fingerprint density at radius 1 is 1.12 bits per heavy atom.